The Morgan fingerprint density at radius 2 is 2.03 bits per heavy atom. The summed E-state index contributed by atoms with van der Waals surface area (Å²) in [5.41, 5.74) is 1.21. The first-order valence-corrected chi connectivity index (χ1v) is 14.8. The Bertz CT molecular complexity index is 1250. The van der Waals surface area contributed by atoms with E-state index in [1.807, 2.05) is 12.1 Å². The van der Waals surface area contributed by atoms with E-state index in [0.717, 1.165) is 56.3 Å². The Morgan fingerprint density at radius 3 is 2.74 bits per heavy atom. The van der Waals surface area contributed by atoms with E-state index in [9.17, 15) is 9.18 Å². The number of rotatable bonds is 7. The zero-order valence-corrected chi connectivity index (χ0v) is 23.4. The predicted molar refractivity (Wildman–Crippen MR) is 153 cm³/mol. The lowest BCUT2D eigenvalue weighted by Crippen LogP contribution is -2.64. The number of ether oxygens (including phenoxy) is 1. The molecule has 2 aromatic rings. The number of likely N-dealkylation sites (tertiary alicyclic amines) is 1. The number of carbonyl (C=O) groups is 1. The molecule has 2 amide bonds. The molecular formula is C32H41FN4O2. The Kier molecular flexibility index (Phi) is 7.13. The molecule has 39 heavy (non-hydrogen) atoms. The van der Waals surface area contributed by atoms with Crippen LogP contribution in [0, 0.1) is 17.7 Å². The van der Waals surface area contributed by atoms with Crippen LogP contribution in [0.15, 0.2) is 53.5 Å². The fourth-order valence-corrected chi connectivity index (χ4v) is 7.46. The quantitative estimate of drug-likeness (QED) is 0.440. The van der Waals surface area contributed by atoms with Crippen LogP contribution in [-0.2, 0) is 6.54 Å². The first kappa shape index (κ1) is 26.3. The van der Waals surface area contributed by atoms with Crippen LogP contribution in [0.4, 0.5) is 14.9 Å². The second-order valence-corrected chi connectivity index (χ2v) is 12.3. The standard InChI is InChI=1S/C32H41FN4O2/c1-4-22(3)39-28-10-5-7-24(16-28)20-36-14-13-32(19-21(36)2)30(34-29-17-23-11-12-25(29)15-23)35-31(38)37(32)27-9-6-8-26(33)18-27/h5-10,16,18,21-23,25,29H,4,11-15,17,19-20H2,1-3H3,(H,34,35,38)/t21-,22+,23+,25+,29?,32+/m0/s1. The molecule has 6 rings (SSSR count). The summed E-state index contributed by atoms with van der Waals surface area (Å²) in [4.78, 5) is 22.4. The van der Waals surface area contributed by atoms with Gasteiger partial charge in [0, 0.05) is 30.9 Å². The highest BCUT2D eigenvalue weighted by Crippen LogP contribution is 2.46. The summed E-state index contributed by atoms with van der Waals surface area (Å²) in [6, 6.07) is 15.1. The Balaban J connectivity index is 1.24. The van der Waals surface area contributed by atoms with Crippen molar-refractivity contribution in [3.63, 3.8) is 0 Å². The third-order valence-corrected chi connectivity index (χ3v) is 9.66. The number of amidine groups is 1. The molecule has 208 valence electrons. The molecule has 2 bridgehead atoms. The van der Waals surface area contributed by atoms with Crippen molar-refractivity contribution in [2.24, 2.45) is 16.8 Å². The minimum absolute atomic E-state index is 0.183. The maximum atomic E-state index is 14.3. The largest absolute Gasteiger partial charge is 0.491 e. The smallest absolute Gasteiger partial charge is 0.350 e. The average Bonchev–Trinajstić information content (AvgIpc) is 3.60. The summed E-state index contributed by atoms with van der Waals surface area (Å²) in [6.45, 7) is 8.09. The van der Waals surface area contributed by atoms with Gasteiger partial charge in [-0.3, -0.25) is 9.80 Å². The molecule has 2 heterocycles. The lowest BCUT2D eigenvalue weighted by molar-refractivity contribution is 0.121. The van der Waals surface area contributed by atoms with Crippen LogP contribution in [0.2, 0.25) is 0 Å². The Labute approximate surface area is 231 Å². The number of hydrogen-bond donors (Lipinski definition) is 1. The van der Waals surface area contributed by atoms with Crippen LogP contribution in [0.25, 0.3) is 0 Å². The maximum Gasteiger partial charge on any atom is 0.350 e. The van der Waals surface area contributed by atoms with E-state index in [4.69, 9.17) is 4.74 Å². The van der Waals surface area contributed by atoms with Crippen molar-refractivity contribution in [3.05, 3.63) is 59.9 Å². The van der Waals surface area contributed by atoms with Gasteiger partial charge in [-0.2, -0.15) is 4.99 Å². The number of fused-ring (bicyclic) bond motifs is 2. The van der Waals surface area contributed by atoms with Crippen molar-refractivity contribution >= 4 is 17.6 Å². The third kappa shape index (κ3) is 5.06. The molecule has 1 spiro atoms. The van der Waals surface area contributed by atoms with Crippen LogP contribution >= 0.6 is 0 Å². The monoisotopic (exact) mass is 532 g/mol. The molecule has 2 aromatic carbocycles. The molecule has 1 saturated heterocycles. The highest BCUT2D eigenvalue weighted by atomic mass is 19.1. The van der Waals surface area contributed by atoms with Crippen LogP contribution in [0.3, 0.4) is 0 Å². The zero-order chi connectivity index (χ0) is 27.1. The van der Waals surface area contributed by atoms with E-state index in [-0.39, 0.29) is 24.0 Å². The van der Waals surface area contributed by atoms with Crippen LogP contribution < -0.4 is 15.0 Å². The van der Waals surface area contributed by atoms with Crippen molar-refractivity contribution < 1.29 is 13.9 Å². The van der Waals surface area contributed by atoms with Gasteiger partial charge in [-0.1, -0.05) is 31.5 Å². The van der Waals surface area contributed by atoms with E-state index in [2.05, 4.69) is 54.2 Å². The number of amides is 2. The molecule has 6 nitrogen and oxygen atoms in total. The summed E-state index contributed by atoms with van der Waals surface area (Å²) in [6.07, 6.45) is 7.66. The number of anilines is 1. The molecular weight excluding hydrogens is 491 g/mol. The van der Waals surface area contributed by atoms with Crippen molar-refractivity contribution in [1.29, 1.82) is 0 Å². The summed E-state index contributed by atoms with van der Waals surface area (Å²) in [5, 5.41) is 3.79. The molecule has 7 heteroatoms. The Hall–Kier alpha value is -2.93. The molecule has 2 aliphatic heterocycles. The molecule has 1 N–H and O–H groups in total. The lowest BCUT2D eigenvalue weighted by Gasteiger charge is -2.48. The van der Waals surface area contributed by atoms with Gasteiger partial charge in [-0.15, -0.1) is 0 Å². The van der Waals surface area contributed by atoms with E-state index in [1.54, 1.807) is 11.0 Å². The van der Waals surface area contributed by atoms with Crippen LogP contribution in [0.5, 0.6) is 5.75 Å². The molecule has 3 fully saturated rings. The van der Waals surface area contributed by atoms with Crippen molar-refractivity contribution in [1.82, 2.24) is 10.2 Å². The molecule has 6 atom stereocenters. The van der Waals surface area contributed by atoms with Gasteiger partial charge in [0.25, 0.3) is 0 Å². The maximum absolute atomic E-state index is 14.3. The molecule has 1 unspecified atom stereocenters. The molecule has 0 radical (unpaired) electrons. The molecule has 4 aliphatic rings. The zero-order valence-electron chi connectivity index (χ0n) is 23.4. The van der Waals surface area contributed by atoms with Gasteiger partial charge >= 0.3 is 6.03 Å². The first-order valence-electron chi connectivity index (χ1n) is 14.8. The SMILES string of the molecule is CC[C@@H](C)Oc1cccc(CN2CC[C@@]3(C[C@@H]2C)C(NC2C[C@@H]4CC[C@@H]2C4)=NC(=O)N3c2cccc(F)c2)c1. The predicted octanol–water partition coefficient (Wildman–Crippen LogP) is 6.54. The van der Waals surface area contributed by atoms with Gasteiger partial charge in [0.15, 0.2) is 0 Å². The van der Waals surface area contributed by atoms with Gasteiger partial charge in [0.2, 0.25) is 0 Å². The van der Waals surface area contributed by atoms with Gasteiger partial charge in [0.1, 0.15) is 22.9 Å². The lowest BCUT2D eigenvalue weighted by atomic mass is 9.80. The summed E-state index contributed by atoms with van der Waals surface area (Å²) in [7, 11) is 0. The highest BCUT2D eigenvalue weighted by molar-refractivity contribution is 6.16. The normalized spacial score (nSPS) is 31.1. The van der Waals surface area contributed by atoms with Crippen LogP contribution in [0.1, 0.15) is 71.3 Å². The second-order valence-electron chi connectivity index (χ2n) is 12.3. The first-order chi connectivity index (χ1) is 18.8. The third-order valence-electron chi connectivity index (χ3n) is 9.66. The number of aliphatic imine (C=N–C) groups is 1. The van der Waals surface area contributed by atoms with E-state index in [0.29, 0.717) is 17.6 Å². The van der Waals surface area contributed by atoms with Gasteiger partial charge in [-0.25, -0.2) is 9.18 Å². The summed E-state index contributed by atoms with van der Waals surface area (Å²) in [5.74, 6) is 2.82. The fourth-order valence-electron chi connectivity index (χ4n) is 7.46. The molecule has 2 aliphatic carbocycles. The van der Waals surface area contributed by atoms with Gasteiger partial charge < -0.3 is 10.1 Å². The topological polar surface area (TPSA) is 57.2 Å². The number of halogens is 1. The van der Waals surface area contributed by atoms with E-state index >= 15 is 0 Å². The highest BCUT2D eigenvalue weighted by Gasteiger charge is 2.54. The van der Waals surface area contributed by atoms with Crippen LogP contribution in [-0.4, -0.2) is 47.0 Å². The van der Waals surface area contributed by atoms with Gasteiger partial charge in [-0.05, 0) is 100 Å². The number of nitrogens with zero attached hydrogens (tertiary/aromatic N) is 3. The molecule has 0 aromatic heterocycles. The van der Waals surface area contributed by atoms with E-state index < -0.39 is 5.54 Å². The number of carbonyl (C=O) groups excluding carboxylic acids is 1. The number of benzene rings is 2. The van der Waals surface area contributed by atoms with Gasteiger partial charge in [0.05, 0.1) is 6.10 Å². The van der Waals surface area contributed by atoms with Crippen molar-refractivity contribution in [2.75, 3.05) is 11.4 Å². The fraction of sp³-hybridized carbons (Fsp3) is 0.562. The summed E-state index contributed by atoms with van der Waals surface area (Å²) < 4.78 is 20.4. The number of piperidine rings is 1. The Morgan fingerprint density at radius 1 is 1.18 bits per heavy atom. The number of urea groups is 1. The minimum Gasteiger partial charge on any atom is -0.491 e. The molecule has 2 saturated carbocycles. The minimum atomic E-state index is -0.593. The van der Waals surface area contributed by atoms with Crippen molar-refractivity contribution in [2.45, 2.75) is 96.0 Å². The summed E-state index contributed by atoms with van der Waals surface area (Å²) >= 11 is 0. The average molecular weight is 533 g/mol. The second kappa shape index (κ2) is 10.6. The van der Waals surface area contributed by atoms with E-state index in [1.165, 1.54) is 37.0 Å². The number of nitrogens with one attached hydrogen (secondary N) is 1. The van der Waals surface area contributed by atoms with Crippen molar-refractivity contribution in [3.8, 4) is 5.75 Å². The number of hydrogen-bond acceptors (Lipinski definition) is 4.